The molecule has 1 amide bonds. The van der Waals surface area contributed by atoms with Gasteiger partial charge < -0.3 is 14.5 Å². The second kappa shape index (κ2) is 6.51. The van der Waals surface area contributed by atoms with E-state index in [0.717, 1.165) is 0 Å². The highest BCUT2D eigenvalue weighted by Gasteiger charge is 2.14. The quantitative estimate of drug-likeness (QED) is 0.689. The molecule has 0 radical (unpaired) electrons. The average molecular weight is 286 g/mol. The summed E-state index contributed by atoms with van der Waals surface area (Å²) in [7, 11) is 1.30. The zero-order valence-corrected chi connectivity index (χ0v) is 11.6. The molecule has 0 aliphatic rings. The van der Waals surface area contributed by atoms with Crippen molar-refractivity contribution in [2.45, 2.75) is 6.92 Å². The van der Waals surface area contributed by atoms with E-state index in [1.54, 1.807) is 31.5 Å². The van der Waals surface area contributed by atoms with Crippen molar-refractivity contribution in [3.05, 3.63) is 53.8 Å². The number of furan rings is 1. The Morgan fingerprint density at radius 3 is 2.71 bits per heavy atom. The summed E-state index contributed by atoms with van der Waals surface area (Å²) in [5.41, 5.74) is 0.984. The number of aryl methyl sites for hydroxylation is 1. The van der Waals surface area contributed by atoms with Gasteiger partial charge in [0.25, 0.3) is 0 Å². The first-order chi connectivity index (χ1) is 10.1. The predicted molar refractivity (Wildman–Crippen MR) is 76.7 cm³/mol. The molecule has 0 aliphatic heterocycles. The van der Waals surface area contributed by atoms with Crippen molar-refractivity contribution < 1.29 is 18.7 Å². The van der Waals surface area contributed by atoms with E-state index in [2.05, 4.69) is 15.0 Å². The lowest BCUT2D eigenvalue weighted by molar-refractivity contribution is -0.111. The maximum absolute atomic E-state index is 11.7. The van der Waals surface area contributed by atoms with Crippen molar-refractivity contribution in [3.8, 4) is 0 Å². The highest BCUT2D eigenvalue weighted by molar-refractivity contribution is 6.01. The van der Waals surface area contributed by atoms with Crippen LogP contribution in [0.25, 0.3) is 6.08 Å². The molecular formula is C15H14N2O4. The van der Waals surface area contributed by atoms with E-state index in [0.29, 0.717) is 22.8 Å². The van der Waals surface area contributed by atoms with E-state index in [-0.39, 0.29) is 5.91 Å². The summed E-state index contributed by atoms with van der Waals surface area (Å²) in [6.07, 6.45) is 5.96. The van der Waals surface area contributed by atoms with E-state index < -0.39 is 5.97 Å². The van der Waals surface area contributed by atoms with Crippen LogP contribution in [-0.2, 0) is 9.53 Å². The lowest BCUT2D eigenvalue weighted by Crippen LogP contribution is -2.07. The van der Waals surface area contributed by atoms with Crippen LogP contribution in [0, 0.1) is 6.92 Å². The van der Waals surface area contributed by atoms with Gasteiger partial charge in [0.2, 0.25) is 5.91 Å². The maximum Gasteiger partial charge on any atom is 0.341 e. The van der Waals surface area contributed by atoms with E-state index in [4.69, 9.17) is 4.42 Å². The molecule has 2 heterocycles. The Bertz CT molecular complexity index is 674. The van der Waals surface area contributed by atoms with E-state index in [9.17, 15) is 9.59 Å². The monoisotopic (exact) mass is 286 g/mol. The molecule has 21 heavy (non-hydrogen) atoms. The Morgan fingerprint density at radius 1 is 1.33 bits per heavy atom. The number of carbonyl (C=O) groups is 2. The molecule has 0 spiro atoms. The zero-order valence-electron chi connectivity index (χ0n) is 11.6. The first-order valence-electron chi connectivity index (χ1n) is 6.18. The molecule has 2 aromatic rings. The summed E-state index contributed by atoms with van der Waals surface area (Å²) in [5.74, 6) is 0.0563. The van der Waals surface area contributed by atoms with E-state index in [1.165, 1.54) is 25.3 Å². The minimum atomic E-state index is -0.475. The number of nitrogens with zero attached hydrogens (tertiary/aromatic N) is 1. The van der Waals surface area contributed by atoms with Gasteiger partial charge in [0.05, 0.1) is 7.11 Å². The van der Waals surface area contributed by atoms with Crippen LogP contribution in [0.2, 0.25) is 0 Å². The Hall–Kier alpha value is -2.89. The van der Waals surface area contributed by atoms with Gasteiger partial charge in [-0.3, -0.25) is 9.78 Å². The van der Waals surface area contributed by atoms with Crippen molar-refractivity contribution in [1.29, 1.82) is 0 Å². The fraction of sp³-hybridized carbons (Fsp3) is 0.133. The van der Waals surface area contributed by atoms with Crippen LogP contribution in [0.15, 0.2) is 41.1 Å². The van der Waals surface area contributed by atoms with Crippen LogP contribution < -0.4 is 5.32 Å². The van der Waals surface area contributed by atoms with Gasteiger partial charge in [-0.1, -0.05) is 0 Å². The number of aromatic nitrogens is 1. The molecule has 0 fully saturated rings. The molecule has 2 aromatic heterocycles. The molecule has 0 atom stereocenters. The number of rotatable bonds is 4. The van der Waals surface area contributed by atoms with Gasteiger partial charge in [0.1, 0.15) is 17.1 Å². The number of carbonyl (C=O) groups excluding carboxylic acids is 2. The summed E-state index contributed by atoms with van der Waals surface area (Å²) in [5, 5.41) is 2.67. The molecule has 0 saturated heterocycles. The number of pyridine rings is 1. The van der Waals surface area contributed by atoms with Gasteiger partial charge in [-0.2, -0.15) is 0 Å². The molecule has 108 valence electrons. The van der Waals surface area contributed by atoms with Crippen molar-refractivity contribution >= 4 is 23.6 Å². The molecule has 0 aromatic carbocycles. The second-order valence-corrected chi connectivity index (χ2v) is 4.17. The normalized spacial score (nSPS) is 10.6. The molecule has 2 rings (SSSR count). The van der Waals surface area contributed by atoms with Crippen LogP contribution in [-0.4, -0.2) is 24.0 Å². The standard InChI is InChI=1S/C15H14N2O4/c1-10-13(15(19)20-2)9-12(21-10)3-4-14(18)17-11-5-7-16-8-6-11/h3-9H,1-2H3,(H,16,17,18). The smallest absolute Gasteiger partial charge is 0.341 e. The Labute approximate surface area is 121 Å². The number of hydrogen-bond acceptors (Lipinski definition) is 5. The lowest BCUT2D eigenvalue weighted by atomic mass is 10.2. The third-order valence-electron chi connectivity index (χ3n) is 2.69. The molecule has 0 aliphatic carbocycles. The number of methoxy groups -OCH3 is 1. The van der Waals surface area contributed by atoms with Crippen molar-refractivity contribution in [2.24, 2.45) is 0 Å². The molecule has 0 saturated carbocycles. The van der Waals surface area contributed by atoms with Gasteiger partial charge in [-0.05, 0) is 31.2 Å². The topological polar surface area (TPSA) is 81.4 Å². The van der Waals surface area contributed by atoms with Gasteiger partial charge in [-0.15, -0.1) is 0 Å². The van der Waals surface area contributed by atoms with Crippen molar-refractivity contribution in [1.82, 2.24) is 4.98 Å². The highest BCUT2D eigenvalue weighted by atomic mass is 16.5. The fourth-order valence-corrected chi connectivity index (χ4v) is 1.68. The number of nitrogens with one attached hydrogen (secondary N) is 1. The summed E-state index contributed by atoms with van der Waals surface area (Å²) < 4.78 is 9.99. The summed E-state index contributed by atoms with van der Waals surface area (Å²) in [4.78, 5) is 27.0. The van der Waals surface area contributed by atoms with Gasteiger partial charge in [-0.25, -0.2) is 4.79 Å². The molecule has 6 heteroatoms. The first kappa shape index (κ1) is 14.5. The molecule has 6 nitrogen and oxygen atoms in total. The third kappa shape index (κ3) is 3.79. The van der Waals surface area contributed by atoms with Crippen molar-refractivity contribution in [3.63, 3.8) is 0 Å². The SMILES string of the molecule is COC(=O)c1cc(C=CC(=O)Nc2ccncc2)oc1C. The third-order valence-corrected chi connectivity index (χ3v) is 2.69. The minimum absolute atomic E-state index is 0.310. The predicted octanol–water partition coefficient (Wildman–Crippen LogP) is 2.42. The molecule has 1 N–H and O–H groups in total. The number of hydrogen-bond donors (Lipinski definition) is 1. The van der Waals surface area contributed by atoms with Crippen LogP contribution in [0.4, 0.5) is 5.69 Å². The molecule has 0 unspecified atom stereocenters. The maximum atomic E-state index is 11.7. The summed E-state index contributed by atoms with van der Waals surface area (Å²) in [6, 6.07) is 4.88. The van der Waals surface area contributed by atoms with Gasteiger partial charge in [0, 0.05) is 24.2 Å². The van der Waals surface area contributed by atoms with Crippen LogP contribution in [0.5, 0.6) is 0 Å². The van der Waals surface area contributed by atoms with E-state index >= 15 is 0 Å². The Morgan fingerprint density at radius 2 is 2.05 bits per heavy atom. The second-order valence-electron chi connectivity index (χ2n) is 4.17. The minimum Gasteiger partial charge on any atom is -0.465 e. The zero-order chi connectivity index (χ0) is 15.2. The van der Waals surface area contributed by atoms with Crippen LogP contribution >= 0.6 is 0 Å². The summed E-state index contributed by atoms with van der Waals surface area (Å²) in [6.45, 7) is 1.65. The molecular weight excluding hydrogens is 272 g/mol. The highest BCUT2D eigenvalue weighted by Crippen LogP contribution is 2.16. The average Bonchev–Trinajstić information content (AvgIpc) is 2.86. The van der Waals surface area contributed by atoms with Crippen LogP contribution in [0.3, 0.4) is 0 Å². The number of ether oxygens (including phenoxy) is 1. The van der Waals surface area contributed by atoms with Crippen LogP contribution in [0.1, 0.15) is 21.9 Å². The fourth-order valence-electron chi connectivity index (χ4n) is 1.68. The largest absolute Gasteiger partial charge is 0.465 e. The Balaban J connectivity index is 2.04. The lowest BCUT2D eigenvalue weighted by Gasteiger charge is -1.99. The number of anilines is 1. The number of amides is 1. The van der Waals surface area contributed by atoms with Crippen molar-refractivity contribution in [2.75, 3.05) is 12.4 Å². The first-order valence-corrected chi connectivity index (χ1v) is 6.18. The van der Waals surface area contributed by atoms with E-state index in [1.807, 2.05) is 0 Å². The van der Waals surface area contributed by atoms with Gasteiger partial charge >= 0.3 is 5.97 Å². The summed E-state index contributed by atoms with van der Waals surface area (Å²) >= 11 is 0. The van der Waals surface area contributed by atoms with Gasteiger partial charge in [0.15, 0.2) is 0 Å². The Kier molecular flexibility index (Phi) is 4.50. The molecule has 0 bridgehead atoms. The number of esters is 1.